The van der Waals surface area contributed by atoms with Crippen LogP contribution in [0.15, 0.2) is 36.4 Å². The van der Waals surface area contributed by atoms with Crippen LogP contribution in [0, 0.1) is 25.2 Å². The minimum atomic E-state index is -5.30. The van der Waals surface area contributed by atoms with Crippen molar-refractivity contribution >= 4 is 11.9 Å². The number of halogens is 3. The molecule has 12 nitrogen and oxygen atoms in total. The van der Waals surface area contributed by atoms with Gasteiger partial charge < -0.3 is 33.2 Å². The third-order valence-corrected chi connectivity index (χ3v) is 10.4. The fourth-order valence-electron chi connectivity index (χ4n) is 8.33. The van der Waals surface area contributed by atoms with Gasteiger partial charge in [0.15, 0.2) is 29.8 Å². The first-order valence-electron chi connectivity index (χ1n) is 16.6. The summed E-state index contributed by atoms with van der Waals surface area (Å²) in [5.41, 5.74) is 3.48. The molecule has 3 aromatic carbocycles. The monoisotopic (exact) mass is 723 g/mol. The maximum absolute atomic E-state index is 13.7. The van der Waals surface area contributed by atoms with E-state index in [0.29, 0.717) is 23.5 Å². The summed E-state index contributed by atoms with van der Waals surface area (Å²) in [5.74, 6) is -2.12. The average Bonchev–Trinajstić information content (AvgIpc) is 3.61. The molecule has 1 saturated heterocycles. The second-order valence-electron chi connectivity index (χ2n) is 13.1. The SMILES string of the molecule is COCOc1c(OC)c(C)cc2c1[C@@H]1C3Cc4c(OC(=O)C(F)(F)F)c(C)c5c(c4[C@H](COC(=O)c4ccccc4)N3[C@@H](C#N)[C@H](C2)N1C)OCO5. The lowest BCUT2D eigenvalue weighted by atomic mass is 9.71. The number of nitriles is 1. The molecule has 274 valence electrons. The van der Waals surface area contributed by atoms with Gasteiger partial charge in [-0.3, -0.25) is 9.80 Å². The van der Waals surface area contributed by atoms with E-state index in [4.69, 9.17) is 33.2 Å². The number of benzene rings is 3. The topological polar surface area (TPSA) is 129 Å². The van der Waals surface area contributed by atoms with Crippen LogP contribution in [0.25, 0.3) is 0 Å². The molecule has 4 aliphatic rings. The summed E-state index contributed by atoms with van der Waals surface area (Å²) >= 11 is 0. The molecule has 1 unspecified atom stereocenters. The second-order valence-corrected chi connectivity index (χ2v) is 13.1. The summed E-state index contributed by atoms with van der Waals surface area (Å²) in [7, 11) is 4.91. The van der Waals surface area contributed by atoms with Crippen molar-refractivity contribution in [3.63, 3.8) is 0 Å². The van der Waals surface area contributed by atoms with Crippen LogP contribution >= 0.6 is 0 Å². The summed E-state index contributed by atoms with van der Waals surface area (Å²) in [6, 6.07) is 9.53. The predicted molar refractivity (Wildman–Crippen MR) is 175 cm³/mol. The first-order valence-corrected chi connectivity index (χ1v) is 16.6. The van der Waals surface area contributed by atoms with Gasteiger partial charge in [-0.2, -0.15) is 18.4 Å². The Morgan fingerprint density at radius 3 is 2.40 bits per heavy atom. The highest BCUT2D eigenvalue weighted by Gasteiger charge is 2.57. The number of ether oxygens (including phenoxy) is 7. The summed E-state index contributed by atoms with van der Waals surface area (Å²) in [6.07, 6.45) is -4.84. The molecule has 1 fully saturated rings. The molecule has 0 aromatic heterocycles. The van der Waals surface area contributed by atoms with Gasteiger partial charge in [0.05, 0.1) is 30.8 Å². The van der Waals surface area contributed by atoms with Crippen LogP contribution < -0.4 is 23.7 Å². The van der Waals surface area contributed by atoms with Gasteiger partial charge in [-0.05, 0) is 57.0 Å². The Morgan fingerprint density at radius 1 is 1.00 bits per heavy atom. The number of aryl methyl sites for hydroxylation is 1. The van der Waals surface area contributed by atoms with Gasteiger partial charge in [-0.1, -0.05) is 24.3 Å². The average molecular weight is 724 g/mol. The molecule has 0 saturated carbocycles. The fraction of sp³-hybridized carbons (Fsp3) is 0.432. The molecule has 0 amide bonds. The molecule has 0 spiro atoms. The normalized spacial score (nSPS) is 23.1. The number of piperazine rings is 1. The van der Waals surface area contributed by atoms with Gasteiger partial charge in [0, 0.05) is 41.4 Å². The van der Waals surface area contributed by atoms with Gasteiger partial charge in [0.1, 0.15) is 18.4 Å². The smallest absolute Gasteiger partial charge is 0.491 e. The lowest BCUT2D eigenvalue weighted by molar-refractivity contribution is -0.189. The van der Waals surface area contributed by atoms with Crippen LogP contribution in [0.1, 0.15) is 55.8 Å². The van der Waals surface area contributed by atoms with Crippen LogP contribution in [0.4, 0.5) is 13.2 Å². The number of carbonyl (C=O) groups excluding carboxylic acids is 2. The Hall–Kier alpha value is -5.04. The minimum Gasteiger partial charge on any atom is -0.493 e. The number of methoxy groups -OCH3 is 2. The molecular formula is C37H36F3N3O9. The molecule has 2 bridgehead atoms. The van der Waals surface area contributed by atoms with Gasteiger partial charge in [0.2, 0.25) is 6.79 Å². The van der Waals surface area contributed by atoms with Crippen molar-refractivity contribution in [3.8, 4) is 34.8 Å². The zero-order chi connectivity index (χ0) is 37.1. The van der Waals surface area contributed by atoms with E-state index in [1.807, 2.05) is 24.9 Å². The van der Waals surface area contributed by atoms with E-state index >= 15 is 0 Å². The molecule has 15 heteroatoms. The number of hydrogen-bond acceptors (Lipinski definition) is 12. The van der Waals surface area contributed by atoms with E-state index in [9.17, 15) is 28.0 Å². The number of carbonyl (C=O) groups is 2. The highest BCUT2D eigenvalue weighted by atomic mass is 19.4. The highest BCUT2D eigenvalue weighted by molar-refractivity contribution is 5.89. The van der Waals surface area contributed by atoms with Crippen molar-refractivity contribution in [1.29, 1.82) is 5.26 Å². The first kappa shape index (κ1) is 35.4. The van der Waals surface area contributed by atoms with Crippen LogP contribution in [-0.2, 0) is 27.1 Å². The van der Waals surface area contributed by atoms with Crippen molar-refractivity contribution in [2.45, 2.75) is 63.1 Å². The Morgan fingerprint density at radius 2 is 1.73 bits per heavy atom. The van der Waals surface area contributed by atoms with Crippen LogP contribution in [0.5, 0.6) is 28.7 Å². The fourth-order valence-corrected chi connectivity index (χ4v) is 8.33. The first-order chi connectivity index (χ1) is 24.9. The van der Waals surface area contributed by atoms with Crippen molar-refractivity contribution in [3.05, 3.63) is 75.3 Å². The van der Waals surface area contributed by atoms with Crippen molar-refractivity contribution in [2.75, 3.05) is 41.5 Å². The van der Waals surface area contributed by atoms with Crippen molar-refractivity contribution < 1.29 is 55.9 Å². The maximum atomic E-state index is 13.7. The Bertz CT molecular complexity index is 1970. The summed E-state index contributed by atoms with van der Waals surface area (Å²) in [5, 5.41) is 10.9. The quantitative estimate of drug-likeness (QED) is 0.174. The molecule has 52 heavy (non-hydrogen) atoms. The number of nitrogens with zero attached hydrogens (tertiary/aromatic N) is 3. The third-order valence-electron chi connectivity index (χ3n) is 10.4. The second kappa shape index (κ2) is 13.5. The van der Waals surface area contributed by atoms with Crippen molar-refractivity contribution in [1.82, 2.24) is 9.80 Å². The van der Waals surface area contributed by atoms with E-state index in [-0.39, 0.29) is 66.6 Å². The molecular weight excluding hydrogens is 687 g/mol. The number of alkyl halides is 3. The van der Waals surface area contributed by atoms with Crippen LogP contribution in [-0.4, -0.2) is 87.5 Å². The van der Waals surface area contributed by atoms with E-state index in [2.05, 4.69) is 11.0 Å². The van der Waals surface area contributed by atoms with Crippen LogP contribution in [0.3, 0.4) is 0 Å². The van der Waals surface area contributed by atoms with E-state index < -0.39 is 42.3 Å². The molecule has 3 aromatic rings. The lowest BCUT2D eigenvalue weighted by Crippen LogP contribution is -2.68. The van der Waals surface area contributed by atoms with E-state index in [1.165, 1.54) is 21.1 Å². The Balaban J connectivity index is 1.46. The number of rotatable bonds is 8. The number of hydrogen-bond donors (Lipinski definition) is 0. The third kappa shape index (κ3) is 5.65. The number of esters is 2. The molecule has 4 aliphatic heterocycles. The predicted octanol–water partition coefficient (Wildman–Crippen LogP) is 5.12. The van der Waals surface area contributed by atoms with Crippen molar-refractivity contribution in [2.24, 2.45) is 0 Å². The van der Waals surface area contributed by atoms with Gasteiger partial charge in [-0.15, -0.1) is 0 Å². The van der Waals surface area contributed by atoms with Gasteiger partial charge in [0.25, 0.3) is 0 Å². The minimum absolute atomic E-state index is 0.00960. The number of fused-ring (bicyclic) bond motifs is 9. The van der Waals surface area contributed by atoms with Gasteiger partial charge >= 0.3 is 18.1 Å². The molecule has 7 rings (SSSR count). The lowest BCUT2D eigenvalue weighted by Gasteiger charge is -2.59. The summed E-state index contributed by atoms with van der Waals surface area (Å²) in [4.78, 5) is 29.9. The standard InChI is InChI=1S/C37H36F3N3O9/c1-18-11-21-12-23-25(14-41)43-24(29(42(23)3)27(21)33(30(18)47-5)49-16-46-4)13-22-28(26(43)15-48-35(44)20-9-7-6-8-10-20)34-32(50-17-51-34)19(2)31(22)52-36(45)37(38,39)40/h6-11,23-26,29H,12-13,15-17H2,1-5H3/t23-,24?,25-,26-,29-/m0/s1. The zero-order valence-electron chi connectivity index (χ0n) is 29.0. The molecule has 0 N–H and O–H groups in total. The Kier molecular flexibility index (Phi) is 9.18. The summed E-state index contributed by atoms with van der Waals surface area (Å²) in [6.45, 7) is 2.72. The zero-order valence-corrected chi connectivity index (χ0v) is 29.0. The highest BCUT2D eigenvalue weighted by Crippen LogP contribution is 2.58. The summed E-state index contributed by atoms with van der Waals surface area (Å²) < 4.78 is 81.3. The van der Waals surface area contributed by atoms with E-state index in [0.717, 1.165) is 16.7 Å². The molecule has 0 radical (unpaired) electrons. The van der Waals surface area contributed by atoms with Gasteiger partial charge in [-0.25, -0.2) is 9.59 Å². The van der Waals surface area contributed by atoms with Crippen LogP contribution in [0.2, 0.25) is 0 Å². The van der Waals surface area contributed by atoms with E-state index in [1.54, 1.807) is 30.3 Å². The largest absolute Gasteiger partial charge is 0.493 e. The maximum Gasteiger partial charge on any atom is 0.491 e. The Labute approximate surface area is 297 Å². The molecule has 0 aliphatic carbocycles. The molecule has 4 heterocycles. The number of likely N-dealkylation sites (N-methyl/N-ethyl adjacent to an activating group) is 1. The molecule has 5 atom stereocenters.